The number of anilines is 1. The van der Waals surface area contributed by atoms with Crippen LogP contribution in [0.5, 0.6) is 5.75 Å². The van der Waals surface area contributed by atoms with Crippen LogP contribution in [0.15, 0.2) is 36.4 Å². The van der Waals surface area contributed by atoms with Gasteiger partial charge >= 0.3 is 0 Å². The molecule has 5 nitrogen and oxygen atoms in total. The van der Waals surface area contributed by atoms with Crippen LogP contribution in [0.25, 0.3) is 0 Å². The number of phenolic OH excluding ortho intramolecular Hbond substituents is 1. The number of carbonyl (C=O) groups is 3. The normalized spacial score (nSPS) is 12.6. The summed E-state index contributed by atoms with van der Waals surface area (Å²) < 4.78 is 0. The van der Waals surface area contributed by atoms with E-state index in [1.807, 2.05) is 0 Å². The lowest BCUT2D eigenvalue weighted by Gasteiger charge is -2.19. The Morgan fingerprint density at radius 2 is 1.57 bits per heavy atom. The molecule has 2 aromatic rings. The summed E-state index contributed by atoms with van der Waals surface area (Å²) in [5.74, 6) is -1.49. The summed E-state index contributed by atoms with van der Waals surface area (Å²) >= 11 is 0. The van der Waals surface area contributed by atoms with E-state index in [0.29, 0.717) is 5.56 Å². The summed E-state index contributed by atoms with van der Waals surface area (Å²) in [5, 5.41) is 12.6. The van der Waals surface area contributed by atoms with Gasteiger partial charge in [0.2, 0.25) is 5.91 Å². The smallest absolute Gasteiger partial charge is 0.221 e. The Kier molecular flexibility index (Phi) is 2.83. The third-order valence-corrected chi connectivity index (χ3v) is 3.38. The van der Waals surface area contributed by atoms with E-state index in [1.165, 1.54) is 19.1 Å². The number of phenols is 1. The number of rotatable bonds is 1. The molecular formula is C16H11NO4. The van der Waals surface area contributed by atoms with Crippen molar-refractivity contribution in [1.82, 2.24) is 0 Å². The summed E-state index contributed by atoms with van der Waals surface area (Å²) in [6.07, 6.45) is 0. The van der Waals surface area contributed by atoms with Gasteiger partial charge < -0.3 is 10.4 Å². The predicted molar refractivity (Wildman–Crippen MR) is 75.7 cm³/mol. The van der Waals surface area contributed by atoms with Crippen molar-refractivity contribution >= 4 is 23.2 Å². The maximum absolute atomic E-state index is 12.5. The highest BCUT2D eigenvalue weighted by atomic mass is 16.3. The van der Waals surface area contributed by atoms with Crippen molar-refractivity contribution < 1.29 is 19.5 Å². The predicted octanol–water partition coefficient (Wildman–Crippen LogP) is 2.13. The number of hydrogen-bond acceptors (Lipinski definition) is 4. The summed E-state index contributed by atoms with van der Waals surface area (Å²) in [7, 11) is 0. The number of hydrogen-bond donors (Lipinski definition) is 2. The van der Waals surface area contributed by atoms with E-state index in [0.717, 1.165) is 0 Å². The SMILES string of the molecule is CC(=O)Nc1ccc2c(c1O)C(=O)c1ccccc1C2=O. The van der Waals surface area contributed by atoms with Gasteiger partial charge in [-0.05, 0) is 12.1 Å². The Morgan fingerprint density at radius 1 is 0.952 bits per heavy atom. The molecule has 1 aliphatic rings. The summed E-state index contributed by atoms with van der Waals surface area (Å²) in [6.45, 7) is 1.29. The summed E-state index contributed by atoms with van der Waals surface area (Å²) in [5.41, 5.74) is 0.768. The maximum atomic E-state index is 12.5. The van der Waals surface area contributed by atoms with Gasteiger partial charge in [0.25, 0.3) is 0 Å². The largest absolute Gasteiger partial charge is 0.505 e. The number of ketones is 2. The molecule has 0 bridgehead atoms. The van der Waals surface area contributed by atoms with Gasteiger partial charge in [-0.25, -0.2) is 0 Å². The maximum Gasteiger partial charge on any atom is 0.221 e. The molecule has 0 fully saturated rings. The van der Waals surface area contributed by atoms with Gasteiger partial charge in [-0.15, -0.1) is 0 Å². The van der Waals surface area contributed by atoms with Crippen molar-refractivity contribution in [2.24, 2.45) is 0 Å². The fraction of sp³-hybridized carbons (Fsp3) is 0.0625. The second-order valence-corrected chi connectivity index (χ2v) is 4.77. The lowest BCUT2D eigenvalue weighted by Crippen LogP contribution is -2.21. The van der Waals surface area contributed by atoms with Gasteiger partial charge in [0.15, 0.2) is 17.3 Å². The Bertz CT molecular complexity index is 808. The number of fused-ring (bicyclic) bond motifs is 2. The minimum absolute atomic E-state index is 0.0649. The molecule has 1 amide bonds. The van der Waals surface area contributed by atoms with Crippen molar-refractivity contribution in [3.63, 3.8) is 0 Å². The van der Waals surface area contributed by atoms with Gasteiger partial charge in [0, 0.05) is 23.6 Å². The van der Waals surface area contributed by atoms with Crippen LogP contribution in [0, 0.1) is 0 Å². The van der Waals surface area contributed by atoms with E-state index >= 15 is 0 Å². The van der Waals surface area contributed by atoms with Crippen molar-refractivity contribution in [3.05, 3.63) is 58.7 Å². The quantitative estimate of drug-likeness (QED) is 0.669. The highest BCUT2D eigenvalue weighted by Gasteiger charge is 2.32. The molecule has 5 heteroatoms. The molecule has 0 atom stereocenters. The Hall–Kier alpha value is -2.95. The van der Waals surface area contributed by atoms with Crippen molar-refractivity contribution in [2.75, 3.05) is 5.32 Å². The van der Waals surface area contributed by atoms with Crippen LogP contribution in [0.4, 0.5) is 5.69 Å². The molecule has 21 heavy (non-hydrogen) atoms. The standard InChI is InChI=1S/C16H11NO4/c1-8(18)17-12-7-6-11-13(16(12)21)15(20)10-5-3-2-4-9(10)14(11)19/h2-7,21H,1H3,(H,17,18). The van der Waals surface area contributed by atoms with Gasteiger partial charge in [0.1, 0.15) is 0 Å². The molecule has 3 rings (SSSR count). The number of aromatic hydroxyl groups is 1. The zero-order valence-corrected chi connectivity index (χ0v) is 11.1. The molecule has 0 heterocycles. The van der Waals surface area contributed by atoms with E-state index < -0.39 is 5.78 Å². The number of amides is 1. The molecule has 0 spiro atoms. The fourth-order valence-corrected chi connectivity index (χ4v) is 2.46. The van der Waals surface area contributed by atoms with Gasteiger partial charge in [-0.1, -0.05) is 24.3 Å². The van der Waals surface area contributed by atoms with E-state index in [4.69, 9.17) is 0 Å². The molecule has 0 aliphatic heterocycles. The average Bonchev–Trinajstić information content (AvgIpc) is 2.46. The van der Waals surface area contributed by atoms with Crippen LogP contribution in [-0.4, -0.2) is 22.6 Å². The number of carbonyl (C=O) groups excluding carboxylic acids is 3. The number of benzene rings is 2. The second kappa shape index (κ2) is 4.56. The lowest BCUT2D eigenvalue weighted by molar-refractivity contribution is -0.114. The average molecular weight is 281 g/mol. The lowest BCUT2D eigenvalue weighted by atomic mass is 9.83. The molecule has 2 N–H and O–H groups in total. The van der Waals surface area contributed by atoms with Crippen LogP contribution < -0.4 is 5.32 Å². The van der Waals surface area contributed by atoms with Crippen LogP contribution in [-0.2, 0) is 4.79 Å². The monoisotopic (exact) mass is 281 g/mol. The molecule has 0 saturated heterocycles. The van der Waals surface area contributed by atoms with E-state index in [-0.39, 0.29) is 39.8 Å². The molecule has 0 unspecified atom stereocenters. The fourth-order valence-electron chi connectivity index (χ4n) is 2.46. The topological polar surface area (TPSA) is 83.5 Å². The third kappa shape index (κ3) is 1.90. The van der Waals surface area contributed by atoms with Crippen LogP contribution in [0.2, 0.25) is 0 Å². The zero-order valence-electron chi connectivity index (χ0n) is 11.1. The van der Waals surface area contributed by atoms with Crippen LogP contribution >= 0.6 is 0 Å². The first-order chi connectivity index (χ1) is 10.0. The van der Waals surface area contributed by atoms with Crippen molar-refractivity contribution in [1.29, 1.82) is 0 Å². The molecule has 1 aliphatic carbocycles. The highest BCUT2D eigenvalue weighted by molar-refractivity contribution is 6.29. The first-order valence-corrected chi connectivity index (χ1v) is 6.32. The summed E-state index contributed by atoms with van der Waals surface area (Å²) in [4.78, 5) is 36.0. The van der Waals surface area contributed by atoms with Gasteiger partial charge in [-0.2, -0.15) is 0 Å². The molecular weight excluding hydrogens is 270 g/mol. The van der Waals surface area contributed by atoms with Crippen molar-refractivity contribution in [3.8, 4) is 5.75 Å². The van der Waals surface area contributed by atoms with Gasteiger partial charge in [0.05, 0.1) is 11.3 Å². The molecule has 0 aromatic heterocycles. The molecule has 0 saturated carbocycles. The molecule has 0 radical (unpaired) electrons. The molecule has 2 aromatic carbocycles. The minimum atomic E-state index is -0.426. The first kappa shape index (κ1) is 13.1. The van der Waals surface area contributed by atoms with E-state index in [1.54, 1.807) is 24.3 Å². The van der Waals surface area contributed by atoms with Crippen LogP contribution in [0.3, 0.4) is 0 Å². The highest BCUT2D eigenvalue weighted by Crippen LogP contribution is 2.37. The van der Waals surface area contributed by atoms with E-state index in [2.05, 4.69) is 5.32 Å². The van der Waals surface area contributed by atoms with E-state index in [9.17, 15) is 19.5 Å². The minimum Gasteiger partial charge on any atom is -0.505 e. The zero-order chi connectivity index (χ0) is 15.1. The van der Waals surface area contributed by atoms with Crippen molar-refractivity contribution in [2.45, 2.75) is 6.92 Å². The third-order valence-electron chi connectivity index (χ3n) is 3.38. The summed E-state index contributed by atoms with van der Waals surface area (Å²) in [6, 6.07) is 9.32. The number of nitrogens with one attached hydrogen (secondary N) is 1. The van der Waals surface area contributed by atoms with Crippen LogP contribution in [0.1, 0.15) is 38.8 Å². The second-order valence-electron chi connectivity index (χ2n) is 4.77. The Morgan fingerprint density at radius 3 is 2.19 bits per heavy atom. The Balaban J connectivity index is 2.24. The Labute approximate surface area is 120 Å². The molecule has 104 valence electrons. The first-order valence-electron chi connectivity index (χ1n) is 6.32. The van der Waals surface area contributed by atoms with Gasteiger partial charge in [-0.3, -0.25) is 14.4 Å².